The zero-order valence-electron chi connectivity index (χ0n) is 9.37. The van der Waals surface area contributed by atoms with Crippen molar-refractivity contribution in [2.75, 3.05) is 0 Å². The summed E-state index contributed by atoms with van der Waals surface area (Å²) in [5.41, 5.74) is -0.147. The Morgan fingerprint density at radius 1 is 1.40 bits per heavy atom. The number of benzene rings is 1. The van der Waals surface area contributed by atoms with Crippen molar-refractivity contribution < 1.29 is 36.9 Å². The predicted octanol–water partition coefficient (Wildman–Crippen LogP) is 3.84. The smallest absolute Gasteiger partial charge is 0.469 e. The number of ether oxygens (including phenoxy) is 2. The fourth-order valence-corrected chi connectivity index (χ4v) is 1.84. The van der Waals surface area contributed by atoms with Crippen LogP contribution in [0.3, 0.4) is 0 Å². The summed E-state index contributed by atoms with van der Waals surface area (Å²) < 4.78 is 60.3. The van der Waals surface area contributed by atoms with E-state index in [1.807, 2.05) is 0 Å². The first-order valence-corrected chi connectivity index (χ1v) is 5.41. The van der Waals surface area contributed by atoms with Gasteiger partial charge < -0.3 is 14.6 Å². The Hall–Kier alpha value is -1.96. The van der Waals surface area contributed by atoms with E-state index in [-0.39, 0.29) is 10.6 Å². The Kier molecular flexibility index (Phi) is 3.51. The normalized spacial score (nSPS) is 17.9. The molecule has 0 saturated carbocycles. The summed E-state index contributed by atoms with van der Waals surface area (Å²) in [5, 5.41) is 8.34. The van der Waals surface area contributed by atoms with Crippen LogP contribution in [0, 0.1) is 5.82 Å². The van der Waals surface area contributed by atoms with Crippen molar-refractivity contribution >= 4 is 23.8 Å². The third-order valence-electron chi connectivity index (χ3n) is 2.33. The fraction of sp³-hybridized carbons (Fsp3) is 0.182. The molecule has 1 unspecified atom stereocenters. The standard InChI is InChI=1S/C11H5ClF4O4/c12-5-1-4-2-7(19-10(17)18)9(11(14,15)16)20-8(4)6(13)3-5/h1-3,9H,(H,17,18). The lowest BCUT2D eigenvalue weighted by Gasteiger charge is -2.27. The minimum absolute atomic E-state index is 0.0822. The van der Waals surface area contributed by atoms with Gasteiger partial charge in [-0.2, -0.15) is 13.2 Å². The second-order valence-corrected chi connectivity index (χ2v) is 4.20. The van der Waals surface area contributed by atoms with Crippen molar-refractivity contribution in [2.45, 2.75) is 12.3 Å². The molecular formula is C11H5ClF4O4. The molecule has 1 atom stereocenters. The van der Waals surface area contributed by atoms with Gasteiger partial charge in [-0.3, -0.25) is 0 Å². The lowest BCUT2D eigenvalue weighted by molar-refractivity contribution is -0.192. The molecule has 0 radical (unpaired) electrons. The quantitative estimate of drug-likeness (QED) is 0.632. The monoisotopic (exact) mass is 312 g/mol. The molecule has 0 saturated heterocycles. The van der Waals surface area contributed by atoms with Crippen LogP contribution in [0.5, 0.6) is 5.75 Å². The summed E-state index contributed by atoms with van der Waals surface area (Å²) in [6.45, 7) is 0. The number of rotatable bonds is 1. The van der Waals surface area contributed by atoms with E-state index in [0.717, 1.165) is 18.2 Å². The maximum absolute atomic E-state index is 13.5. The molecule has 2 rings (SSSR count). The summed E-state index contributed by atoms with van der Waals surface area (Å²) >= 11 is 5.56. The molecule has 1 aliphatic rings. The van der Waals surface area contributed by atoms with Crippen molar-refractivity contribution in [1.29, 1.82) is 0 Å². The number of hydrogen-bond donors (Lipinski definition) is 1. The number of fused-ring (bicyclic) bond motifs is 1. The van der Waals surface area contributed by atoms with Gasteiger partial charge in [0.15, 0.2) is 17.3 Å². The van der Waals surface area contributed by atoms with Crippen molar-refractivity contribution in [3.63, 3.8) is 0 Å². The minimum atomic E-state index is -4.97. The van der Waals surface area contributed by atoms with E-state index >= 15 is 0 Å². The van der Waals surface area contributed by atoms with Crippen molar-refractivity contribution in [1.82, 2.24) is 0 Å². The maximum Gasteiger partial charge on any atom is 0.511 e. The molecule has 1 aromatic carbocycles. The maximum atomic E-state index is 13.5. The minimum Gasteiger partial charge on any atom is -0.469 e. The molecule has 108 valence electrons. The summed E-state index contributed by atoms with van der Waals surface area (Å²) in [4.78, 5) is 10.4. The Balaban J connectivity index is 2.53. The van der Waals surface area contributed by atoms with E-state index in [9.17, 15) is 22.4 Å². The largest absolute Gasteiger partial charge is 0.511 e. The van der Waals surface area contributed by atoms with E-state index in [2.05, 4.69) is 9.47 Å². The van der Waals surface area contributed by atoms with Crippen molar-refractivity contribution in [3.8, 4) is 5.75 Å². The molecular weight excluding hydrogens is 308 g/mol. The molecule has 0 bridgehead atoms. The topological polar surface area (TPSA) is 55.8 Å². The molecule has 0 aliphatic carbocycles. The molecule has 20 heavy (non-hydrogen) atoms. The Morgan fingerprint density at radius 3 is 2.60 bits per heavy atom. The molecule has 4 nitrogen and oxygen atoms in total. The number of carbonyl (C=O) groups is 1. The van der Waals surface area contributed by atoms with Gasteiger partial charge >= 0.3 is 12.3 Å². The SMILES string of the molecule is O=C(O)OC1=Cc2cc(Cl)cc(F)c2OC1C(F)(F)F. The second-order valence-electron chi connectivity index (χ2n) is 3.76. The third kappa shape index (κ3) is 2.79. The highest BCUT2D eigenvalue weighted by molar-refractivity contribution is 6.30. The highest BCUT2D eigenvalue weighted by atomic mass is 35.5. The molecule has 1 aliphatic heterocycles. The van der Waals surface area contributed by atoms with Crippen LogP contribution < -0.4 is 4.74 Å². The van der Waals surface area contributed by atoms with E-state index in [1.54, 1.807) is 0 Å². The lowest BCUT2D eigenvalue weighted by Crippen LogP contribution is -2.39. The molecule has 0 fully saturated rings. The Bertz CT molecular complexity index is 597. The van der Waals surface area contributed by atoms with Gasteiger partial charge in [-0.25, -0.2) is 9.18 Å². The first kappa shape index (κ1) is 14.4. The van der Waals surface area contributed by atoms with E-state index in [4.69, 9.17) is 16.7 Å². The average Bonchev–Trinajstić information content (AvgIpc) is 2.25. The van der Waals surface area contributed by atoms with E-state index < -0.39 is 35.8 Å². The van der Waals surface area contributed by atoms with Gasteiger partial charge in [0.1, 0.15) is 0 Å². The number of carboxylic acid groups (broad SMARTS) is 1. The van der Waals surface area contributed by atoms with Crippen molar-refractivity contribution in [3.05, 3.63) is 34.3 Å². The first-order chi connectivity index (χ1) is 9.18. The molecule has 0 spiro atoms. The highest BCUT2D eigenvalue weighted by Crippen LogP contribution is 2.40. The van der Waals surface area contributed by atoms with Gasteiger partial charge in [0.2, 0.25) is 0 Å². The Morgan fingerprint density at radius 2 is 2.05 bits per heavy atom. The number of alkyl halides is 3. The van der Waals surface area contributed by atoms with Gasteiger partial charge in [-0.15, -0.1) is 0 Å². The van der Waals surface area contributed by atoms with Gasteiger partial charge in [0.25, 0.3) is 6.10 Å². The predicted molar refractivity (Wildman–Crippen MR) is 59.0 cm³/mol. The molecule has 1 aromatic rings. The number of halogens is 5. The molecule has 0 amide bonds. The van der Waals surface area contributed by atoms with E-state index in [1.165, 1.54) is 0 Å². The zero-order valence-corrected chi connectivity index (χ0v) is 10.1. The first-order valence-electron chi connectivity index (χ1n) is 5.03. The highest BCUT2D eigenvalue weighted by Gasteiger charge is 2.48. The van der Waals surface area contributed by atoms with Gasteiger partial charge in [-0.05, 0) is 18.2 Å². The van der Waals surface area contributed by atoms with Crippen LogP contribution in [-0.4, -0.2) is 23.5 Å². The van der Waals surface area contributed by atoms with Gasteiger partial charge in [0, 0.05) is 10.6 Å². The van der Waals surface area contributed by atoms with Crippen LogP contribution in [0.25, 0.3) is 6.08 Å². The van der Waals surface area contributed by atoms with Gasteiger partial charge in [0.05, 0.1) is 0 Å². The lowest BCUT2D eigenvalue weighted by atomic mass is 10.1. The van der Waals surface area contributed by atoms with Crippen LogP contribution in [0.1, 0.15) is 5.56 Å². The second kappa shape index (κ2) is 4.86. The number of hydrogen-bond acceptors (Lipinski definition) is 3. The molecule has 9 heteroatoms. The van der Waals surface area contributed by atoms with Crippen LogP contribution in [0.15, 0.2) is 17.9 Å². The van der Waals surface area contributed by atoms with E-state index in [0.29, 0.717) is 0 Å². The zero-order chi connectivity index (χ0) is 15.1. The molecule has 1 N–H and O–H groups in total. The van der Waals surface area contributed by atoms with Crippen LogP contribution >= 0.6 is 11.6 Å². The van der Waals surface area contributed by atoms with Crippen LogP contribution in [0.2, 0.25) is 5.02 Å². The van der Waals surface area contributed by atoms with Crippen molar-refractivity contribution in [2.24, 2.45) is 0 Å². The average molecular weight is 313 g/mol. The Labute approximate surface area is 114 Å². The summed E-state index contributed by atoms with van der Waals surface area (Å²) in [6, 6.07) is 1.91. The van der Waals surface area contributed by atoms with Crippen LogP contribution in [-0.2, 0) is 4.74 Å². The summed E-state index contributed by atoms with van der Waals surface area (Å²) in [6.07, 6.45) is -8.90. The molecule has 1 heterocycles. The summed E-state index contributed by atoms with van der Waals surface area (Å²) in [7, 11) is 0. The summed E-state index contributed by atoms with van der Waals surface area (Å²) in [5.74, 6) is -2.78. The van der Waals surface area contributed by atoms with Gasteiger partial charge in [-0.1, -0.05) is 11.6 Å². The third-order valence-corrected chi connectivity index (χ3v) is 2.55. The molecule has 0 aromatic heterocycles. The van der Waals surface area contributed by atoms with Crippen LogP contribution in [0.4, 0.5) is 22.4 Å². The fourth-order valence-electron chi connectivity index (χ4n) is 1.63.